The normalized spacial score (nSPS) is 15.4. The van der Waals surface area contributed by atoms with Crippen molar-refractivity contribution in [2.45, 2.75) is 45.1 Å². The first kappa shape index (κ1) is 24.3. The van der Waals surface area contributed by atoms with Crippen molar-refractivity contribution in [2.24, 2.45) is 0 Å². The van der Waals surface area contributed by atoms with E-state index in [9.17, 15) is 4.79 Å². The summed E-state index contributed by atoms with van der Waals surface area (Å²) in [5, 5.41) is 0.596. The Morgan fingerprint density at radius 2 is 1.88 bits per heavy atom. The lowest BCUT2D eigenvalue weighted by molar-refractivity contribution is 0.0917. The number of amides is 1. The molecule has 8 heteroatoms. The molecule has 3 aromatic rings. The summed E-state index contributed by atoms with van der Waals surface area (Å²) >= 11 is 1.42. The van der Waals surface area contributed by atoms with Crippen molar-refractivity contribution >= 4 is 32.6 Å². The van der Waals surface area contributed by atoms with Gasteiger partial charge in [0.2, 0.25) is 0 Å². The zero-order valence-electron chi connectivity index (χ0n) is 20.0. The van der Waals surface area contributed by atoms with Gasteiger partial charge in [-0.1, -0.05) is 31.1 Å². The van der Waals surface area contributed by atoms with E-state index in [1.54, 1.807) is 19.1 Å². The molecule has 0 radical (unpaired) electrons. The largest absolute Gasteiger partial charge is 0.495 e. The molecule has 34 heavy (non-hydrogen) atoms. The van der Waals surface area contributed by atoms with Crippen molar-refractivity contribution in [3.05, 3.63) is 42.0 Å². The van der Waals surface area contributed by atoms with Gasteiger partial charge in [0.1, 0.15) is 27.5 Å². The van der Waals surface area contributed by atoms with Gasteiger partial charge >= 0.3 is 0 Å². The van der Waals surface area contributed by atoms with Gasteiger partial charge in [0.05, 0.1) is 33.5 Å². The quantitative estimate of drug-likeness (QED) is 0.325. The van der Waals surface area contributed by atoms with E-state index in [1.807, 2.05) is 36.4 Å². The first-order valence-electron chi connectivity index (χ1n) is 11.8. The second kappa shape index (κ2) is 11.5. The average Bonchev–Trinajstić information content (AvgIpc) is 3.55. The summed E-state index contributed by atoms with van der Waals surface area (Å²) in [4.78, 5) is 20.2. The van der Waals surface area contributed by atoms with E-state index in [-0.39, 0.29) is 12.0 Å². The molecule has 1 fully saturated rings. The second-order valence-electron chi connectivity index (χ2n) is 8.27. The molecule has 4 rings (SSSR count). The maximum absolute atomic E-state index is 13.7. The summed E-state index contributed by atoms with van der Waals surface area (Å²) < 4.78 is 23.5. The van der Waals surface area contributed by atoms with Gasteiger partial charge in [0.15, 0.2) is 5.13 Å². The van der Waals surface area contributed by atoms with Crippen LogP contribution in [0, 0.1) is 0 Å². The molecule has 1 saturated heterocycles. The summed E-state index contributed by atoms with van der Waals surface area (Å²) in [6.07, 6.45) is 5.23. The molecule has 2 heterocycles. The fourth-order valence-electron chi connectivity index (χ4n) is 4.02. The number of aromatic nitrogens is 1. The van der Waals surface area contributed by atoms with Crippen LogP contribution in [0.2, 0.25) is 0 Å². The standard InChI is InChI=1S/C26H32N2O5S/c1-4-5-6-15-32-19-11-9-18(10-12-19)25(29)28(17-20-8-7-16-33-20)26-27-23-21(30-2)13-14-22(31-3)24(23)34-26/h9-14,20H,4-8,15-17H2,1-3H3. The third-order valence-corrected chi connectivity index (χ3v) is 7.00. The number of thiazole rings is 1. The van der Waals surface area contributed by atoms with E-state index in [0.717, 1.165) is 49.2 Å². The van der Waals surface area contributed by atoms with Gasteiger partial charge < -0.3 is 18.9 Å². The molecule has 7 nitrogen and oxygen atoms in total. The molecular formula is C26H32N2O5S. The predicted molar refractivity (Wildman–Crippen MR) is 135 cm³/mol. The minimum atomic E-state index is -0.120. The number of rotatable bonds is 11. The van der Waals surface area contributed by atoms with Crippen LogP contribution < -0.4 is 19.1 Å². The maximum Gasteiger partial charge on any atom is 0.260 e. The number of unbranched alkanes of at least 4 members (excludes halogenated alkanes) is 2. The molecule has 1 aliphatic heterocycles. The molecule has 1 atom stereocenters. The minimum Gasteiger partial charge on any atom is -0.495 e. The second-order valence-corrected chi connectivity index (χ2v) is 9.25. The molecule has 0 saturated carbocycles. The van der Waals surface area contributed by atoms with Crippen molar-refractivity contribution in [2.75, 3.05) is 38.9 Å². The number of hydrogen-bond donors (Lipinski definition) is 0. The van der Waals surface area contributed by atoms with Crippen LogP contribution in [0.1, 0.15) is 49.4 Å². The number of carbonyl (C=O) groups excluding carboxylic acids is 1. The monoisotopic (exact) mass is 484 g/mol. The molecule has 1 amide bonds. The van der Waals surface area contributed by atoms with Crippen LogP contribution in [0.3, 0.4) is 0 Å². The lowest BCUT2D eigenvalue weighted by Gasteiger charge is -2.23. The van der Waals surface area contributed by atoms with Gasteiger partial charge in [0.25, 0.3) is 5.91 Å². The Morgan fingerprint density at radius 3 is 2.56 bits per heavy atom. The van der Waals surface area contributed by atoms with Crippen LogP contribution >= 0.6 is 11.3 Å². The van der Waals surface area contributed by atoms with E-state index in [1.165, 1.54) is 11.3 Å². The smallest absolute Gasteiger partial charge is 0.260 e. The van der Waals surface area contributed by atoms with Gasteiger partial charge in [0, 0.05) is 12.2 Å². The lowest BCUT2D eigenvalue weighted by atomic mass is 10.1. The molecule has 1 aromatic heterocycles. The van der Waals surface area contributed by atoms with Crippen LogP contribution in [-0.4, -0.2) is 51.0 Å². The number of methoxy groups -OCH3 is 2. The van der Waals surface area contributed by atoms with Gasteiger partial charge in [-0.25, -0.2) is 4.98 Å². The molecule has 1 unspecified atom stereocenters. The van der Waals surface area contributed by atoms with E-state index < -0.39 is 0 Å². The Balaban J connectivity index is 1.62. The zero-order valence-corrected chi connectivity index (χ0v) is 20.9. The Kier molecular flexibility index (Phi) is 8.24. The van der Waals surface area contributed by atoms with E-state index >= 15 is 0 Å². The van der Waals surface area contributed by atoms with Crippen molar-refractivity contribution in [3.63, 3.8) is 0 Å². The Labute approximate surface area is 204 Å². The summed E-state index contributed by atoms with van der Waals surface area (Å²) in [5.41, 5.74) is 1.26. The maximum atomic E-state index is 13.7. The molecule has 0 aliphatic carbocycles. The number of hydrogen-bond acceptors (Lipinski definition) is 7. The number of benzene rings is 2. The summed E-state index contributed by atoms with van der Waals surface area (Å²) in [6, 6.07) is 11.0. The van der Waals surface area contributed by atoms with Crippen molar-refractivity contribution < 1.29 is 23.7 Å². The number of nitrogens with zero attached hydrogens (tertiary/aromatic N) is 2. The number of anilines is 1. The first-order valence-corrected chi connectivity index (χ1v) is 12.6. The highest BCUT2D eigenvalue weighted by molar-refractivity contribution is 7.22. The molecular weight excluding hydrogens is 452 g/mol. The average molecular weight is 485 g/mol. The zero-order chi connectivity index (χ0) is 23.9. The Morgan fingerprint density at radius 1 is 1.12 bits per heavy atom. The van der Waals surface area contributed by atoms with Crippen LogP contribution in [0.5, 0.6) is 17.2 Å². The molecule has 0 N–H and O–H groups in total. The van der Waals surface area contributed by atoms with E-state index in [0.29, 0.717) is 40.9 Å². The molecule has 0 bridgehead atoms. The third-order valence-electron chi connectivity index (χ3n) is 5.90. The van der Waals surface area contributed by atoms with Crippen LogP contribution in [-0.2, 0) is 4.74 Å². The molecule has 182 valence electrons. The lowest BCUT2D eigenvalue weighted by Crippen LogP contribution is -2.37. The number of fused-ring (bicyclic) bond motifs is 1. The van der Waals surface area contributed by atoms with E-state index in [2.05, 4.69) is 6.92 Å². The van der Waals surface area contributed by atoms with Gasteiger partial charge in [-0.3, -0.25) is 9.69 Å². The van der Waals surface area contributed by atoms with Crippen molar-refractivity contribution in [1.82, 2.24) is 4.98 Å². The van der Waals surface area contributed by atoms with Crippen LogP contribution in [0.15, 0.2) is 36.4 Å². The summed E-state index contributed by atoms with van der Waals surface area (Å²) in [7, 11) is 3.24. The number of ether oxygens (including phenoxy) is 4. The van der Waals surface area contributed by atoms with Gasteiger partial charge in [-0.15, -0.1) is 0 Å². The minimum absolute atomic E-state index is 0.0130. The van der Waals surface area contributed by atoms with Gasteiger partial charge in [-0.05, 0) is 55.7 Å². The first-order chi connectivity index (χ1) is 16.6. The predicted octanol–water partition coefficient (Wildman–Crippen LogP) is 5.71. The third kappa shape index (κ3) is 5.45. The Bertz CT molecular complexity index is 1050. The highest BCUT2D eigenvalue weighted by atomic mass is 32.1. The summed E-state index contributed by atoms with van der Waals surface area (Å²) in [5.74, 6) is 2.00. The van der Waals surface area contributed by atoms with Crippen molar-refractivity contribution in [1.29, 1.82) is 0 Å². The highest BCUT2D eigenvalue weighted by Gasteiger charge is 2.28. The Hall–Kier alpha value is -2.84. The molecule has 1 aliphatic rings. The summed E-state index contributed by atoms with van der Waals surface area (Å²) in [6.45, 7) is 4.01. The highest BCUT2D eigenvalue weighted by Crippen LogP contribution is 2.40. The van der Waals surface area contributed by atoms with Crippen LogP contribution in [0.4, 0.5) is 5.13 Å². The fraction of sp³-hybridized carbons (Fsp3) is 0.462. The SMILES string of the molecule is CCCCCOc1ccc(C(=O)N(CC2CCCO2)c2nc3c(OC)ccc(OC)c3s2)cc1. The van der Waals surface area contributed by atoms with Crippen molar-refractivity contribution in [3.8, 4) is 17.2 Å². The number of carbonyl (C=O) groups is 1. The van der Waals surface area contributed by atoms with E-state index in [4.69, 9.17) is 23.9 Å². The topological polar surface area (TPSA) is 70.1 Å². The molecule has 0 spiro atoms. The van der Waals surface area contributed by atoms with Gasteiger partial charge in [-0.2, -0.15) is 0 Å². The fourth-order valence-corrected chi connectivity index (χ4v) is 5.10. The van der Waals surface area contributed by atoms with Crippen LogP contribution in [0.25, 0.3) is 10.2 Å². The molecule has 2 aromatic carbocycles.